The number of hydrogen-bond acceptors (Lipinski definition) is 12. The number of rotatable bonds is 21. The summed E-state index contributed by atoms with van der Waals surface area (Å²) < 4.78 is 57.3. The first-order valence-corrected chi connectivity index (χ1v) is 23.0. The molecule has 342 valence electrons. The molecular weight excluding hydrogens is 850 g/mol. The smallest absolute Gasteiger partial charge is 0.409 e. The molecule has 1 aliphatic rings. The van der Waals surface area contributed by atoms with Crippen molar-refractivity contribution in [1.29, 1.82) is 0 Å². The molecule has 0 radical (unpaired) electrons. The summed E-state index contributed by atoms with van der Waals surface area (Å²) in [6.45, 7) is 7.77. The topological polar surface area (TPSA) is 169 Å². The molecule has 1 saturated heterocycles. The fourth-order valence-electron chi connectivity index (χ4n) is 8.17. The second kappa shape index (κ2) is 20.9. The molecule has 16 nitrogen and oxygen atoms in total. The van der Waals surface area contributed by atoms with Gasteiger partial charge in [-0.05, 0) is 80.8 Å². The lowest BCUT2D eigenvalue weighted by Gasteiger charge is -2.39. The number of methoxy groups -OCH3 is 2. The summed E-state index contributed by atoms with van der Waals surface area (Å²) in [5.41, 5.74) is 2.44. The fourth-order valence-corrected chi connectivity index (χ4v) is 10.5. The highest BCUT2D eigenvalue weighted by molar-refractivity contribution is 7.51. The van der Waals surface area contributed by atoms with E-state index in [2.05, 4.69) is 20.3 Å². The van der Waals surface area contributed by atoms with Crippen molar-refractivity contribution in [2.45, 2.75) is 70.2 Å². The van der Waals surface area contributed by atoms with E-state index in [4.69, 9.17) is 28.0 Å². The number of likely N-dealkylation sites (N-methyl/N-ethyl adjacent to an activating group) is 1. The van der Waals surface area contributed by atoms with Crippen LogP contribution in [0.1, 0.15) is 67.4 Å². The largest absolute Gasteiger partial charge is 0.497 e. The van der Waals surface area contributed by atoms with Crippen LogP contribution in [0.15, 0.2) is 122 Å². The first-order chi connectivity index (χ1) is 31.4. The van der Waals surface area contributed by atoms with Gasteiger partial charge in [0.15, 0.2) is 17.0 Å². The fraction of sp³-hybridized carbons (Fsp3) is 0.354. The molecule has 3 heterocycles. The SMILES string of the molecule is COc1ccc(C(OC[C@H]2O[C@@H](n3cnc4c(NC(=O)c5ccccc5)ncnc43)C[C@@H]2OP(=O)(OCCN(C)C=O)N(C(C)C)C(C)C)(c2ccccc2)c2ccc(OC)cc2)cc1. The van der Waals surface area contributed by atoms with Crippen molar-refractivity contribution in [3.63, 3.8) is 0 Å². The Labute approximate surface area is 379 Å². The Kier molecular flexibility index (Phi) is 15.1. The van der Waals surface area contributed by atoms with Crippen molar-refractivity contribution in [2.24, 2.45) is 0 Å². The van der Waals surface area contributed by atoms with E-state index in [9.17, 15) is 9.59 Å². The molecule has 2 aromatic heterocycles. The zero-order valence-electron chi connectivity index (χ0n) is 37.6. The Morgan fingerprint density at radius 2 is 1.45 bits per heavy atom. The quantitative estimate of drug-likeness (QED) is 0.0418. The Morgan fingerprint density at radius 1 is 0.862 bits per heavy atom. The number of nitrogens with one attached hydrogen (secondary N) is 1. The molecule has 17 heteroatoms. The lowest BCUT2D eigenvalue weighted by molar-refractivity contribution is -0.117. The highest BCUT2D eigenvalue weighted by Gasteiger charge is 2.48. The van der Waals surface area contributed by atoms with Crippen molar-refractivity contribution in [3.05, 3.63) is 144 Å². The van der Waals surface area contributed by atoms with Gasteiger partial charge in [-0.25, -0.2) is 24.2 Å². The molecule has 0 aliphatic carbocycles. The molecule has 4 aromatic carbocycles. The van der Waals surface area contributed by atoms with Crippen LogP contribution in [0.5, 0.6) is 11.5 Å². The molecule has 1 aliphatic heterocycles. The normalized spacial score (nSPS) is 17.4. The third kappa shape index (κ3) is 10.3. The van der Waals surface area contributed by atoms with E-state index in [1.54, 1.807) is 61.1 Å². The lowest BCUT2D eigenvalue weighted by atomic mass is 9.80. The standard InChI is InChI=1S/C48H56N7O9P/c1-33(2)55(34(3)4)65(58,62-27-26-53(5)32-56)64-41-28-43(54-31-51-44-45(49-30-50-46(44)54)52-47(57)35-14-10-8-11-15-35)63-42(41)29-61-48(36-16-12-9-13-17-36,37-18-22-39(59-6)23-19-37)38-20-24-40(60-7)25-21-38/h8-25,30-34,41-43H,26-29H2,1-7H3,(H,49,50,52,57)/t41-,42+,43+,65?/m0/s1. The number of fused-ring (bicyclic) bond motifs is 1. The summed E-state index contributed by atoms with van der Waals surface area (Å²) in [6, 6.07) is 33.6. The zero-order chi connectivity index (χ0) is 46.1. The minimum absolute atomic E-state index is 0.0484. The number of hydrogen-bond donors (Lipinski definition) is 1. The van der Waals surface area contributed by atoms with Gasteiger partial charge in [-0.15, -0.1) is 0 Å². The van der Waals surface area contributed by atoms with Gasteiger partial charge in [0, 0.05) is 37.7 Å². The summed E-state index contributed by atoms with van der Waals surface area (Å²) in [5.74, 6) is 1.22. The molecule has 6 aromatic rings. The molecule has 2 amide bonds. The number of anilines is 1. The van der Waals surface area contributed by atoms with Crippen molar-refractivity contribution >= 4 is 37.0 Å². The number of ether oxygens (including phenoxy) is 4. The molecule has 4 atom stereocenters. The predicted octanol–water partition coefficient (Wildman–Crippen LogP) is 8.11. The van der Waals surface area contributed by atoms with Gasteiger partial charge < -0.3 is 29.2 Å². The van der Waals surface area contributed by atoms with Crippen LogP contribution in [0.2, 0.25) is 0 Å². The Bertz CT molecular complexity index is 2490. The molecule has 1 fully saturated rings. The summed E-state index contributed by atoms with van der Waals surface area (Å²) in [5, 5.41) is 2.87. The van der Waals surface area contributed by atoms with Gasteiger partial charge >= 0.3 is 7.75 Å². The third-order valence-electron chi connectivity index (χ3n) is 11.2. The number of carbonyl (C=O) groups excluding carboxylic acids is 2. The minimum atomic E-state index is -4.13. The maximum atomic E-state index is 15.4. The molecular formula is C48H56N7O9P. The molecule has 0 saturated carbocycles. The van der Waals surface area contributed by atoms with E-state index in [-0.39, 0.29) is 50.0 Å². The van der Waals surface area contributed by atoms with Gasteiger partial charge in [0.1, 0.15) is 41.9 Å². The van der Waals surface area contributed by atoms with Crippen LogP contribution in [0.25, 0.3) is 11.2 Å². The van der Waals surface area contributed by atoms with Crippen LogP contribution in [-0.2, 0) is 33.5 Å². The average molecular weight is 906 g/mol. The number of amides is 2. The predicted molar refractivity (Wildman–Crippen MR) is 246 cm³/mol. The molecule has 1 N–H and O–H groups in total. The summed E-state index contributed by atoms with van der Waals surface area (Å²) in [6.07, 6.45) is 1.28. The van der Waals surface area contributed by atoms with Crippen LogP contribution in [-0.4, -0.2) is 107 Å². The van der Waals surface area contributed by atoms with Gasteiger partial charge in [-0.1, -0.05) is 72.8 Å². The van der Waals surface area contributed by atoms with E-state index < -0.39 is 31.8 Å². The molecule has 1 unspecified atom stereocenters. The second-order valence-corrected chi connectivity index (χ2v) is 18.0. The van der Waals surface area contributed by atoms with Gasteiger partial charge in [0.25, 0.3) is 5.91 Å². The lowest BCUT2D eigenvalue weighted by Crippen LogP contribution is -2.41. The Hall–Kier alpha value is -6.00. The summed E-state index contributed by atoms with van der Waals surface area (Å²) in [4.78, 5) is 39.7. The van der Waals surface area contributed by atoms with Crippen LogP contribution in [0.4, 0.5) is 5.82 Å². The Morgan fingerprint density at radius 3 is 2.02 bits per heavy atom. The number of carbonyl (C=O) groups is 2. The van der Waals surface area contributed by atoms with E-state index >= 15 is 4.57 Å². The van der Waals surface area contributed by atoms with E-state index in [0.717, 1.165) is 16.7 Å². The van der Waals surface area contributed by atoms with Gasteiger partial charge in [0.2, 0.25) is 6.41 Å². The van der Waals surface area contributed by atoms with E-state index in [1.807, 2.05) is 113 Å². The third-order valence-corrected chi connectivity index (χ3v) is 13.8. The molecule has 0 bridgehead atoms. The van der Waals surface area contributed by atoms with E-state index in [0.29, 0.717) is 34.6 Å². The maximum Gasteiger partial charge on any atom is 0.409 e. The van der Waals surface area contributed by atoms with Crippen molar-refractivity contribution in [1.82, 2.24) is 29.1 Å². The number of imidazole rings is 1. The van der Waals surface area contributed by atoms with Gasteiger partial charge in [0.05, 0.1) is 33.8 Å². The first-order valence-electron chi connectivity index (χ1n) is 21.5. The maximum absolute atomic E-state index is 15.4. The highest BCUT2D eigenvalue weighted by Crippen LogP contribution is 2.57. The number of benzene rings is 4. The minimum Gasteiger partial charge on any atom is -0.497 e. The van der Waals surface area contributed by atoms with Crippen molar-refractivity contribution in [2.75, 3.05) is 46.3 Å². The summed E-state index contributed by atoms with van der Waals surface area (Å²) in [7, 11) is 0.730. The van der Waals surface area contributed by atoms with Crippen molar-refractivity contribution < 1.29 is 42.1 Å². The molecule has 65 heavy (non-hydrogen) atoms. The second-order valence-electron chi connectivity index (χ2n) is 16.1. The van der Waals surface area contributed by atoms with Crippen LogP contribution in [0.3, 0.4) is 0 Å². The van der Waals surface area contributed by atoms with Crippen LogP contribution in [0, 0.1) is 0 Å². The Balaban J connectivity index is 1.31. The van der Waals surface area contributed by atoms with Crippen molar-refractivity contribution in [3.8, 4) is 11.5 Å². The monoisotopic (exact) mass is 905 g/mol. The van der Waals surface area contributed by atoms with Gasteiger partial charge in [-0.2, -0.15) is 0 Å². The van der Waals surface area contributed by atoms with Crippen LogP contribution < -0.4 is 14.8 Å². The highest BCUT2D eigenvalue weighted by atomic mass is 31.2. The van der Waals surface area contributed by atoms with Crippen LogP contribution >= 0.6 is 7.75 Å². The molecule has 7 rings (SSSR count). The average Bonchev–Trinajstić information content (AvgIpc) is 3.94. The number of aromatic nitrogens is 4. The number of nitrogens with zero attached hydrogens (tertiary/aromatic N) is 6. The summed E-state index contributed by atoms with van der Waals surface area (Å²) >= 11 is 0. The zero-order valence-corrected chi connectivity index (χ0v) is 38.5. The van der Waals surface area contributed by atoms with E-state index in [1.165, 1.54) is 11.2 Å². The first kappa shape index (κ1) is 47.0. The molecule has 0 spiro atoms. The van der Waals surface area contributed by atoms with Gasteiger partial charge in [-0.3, -0.25) is 23.2 Å².